The average Bonchev–Trinajstić information content (AvgIpc) is 2.29. The fourth-order valence-corrected chi connectivity index (χ4v) is 2.14. The van der Waals surface area contributed by atoms with E-state index in [2.05, 4.69) is 26.1 Å². The Balaban J connectivity index is 2.16. The molecule has 0 aliphatic carbocycles. The van der Waals surface area contributed by atoms with Crippen LogP contribution in [0, 0.1) is 5.92 Å². The van der Waals surface area contributed by atoms with Crippen molar-refractivity contribution in [2.24, 2.45) is 5.92 Å². The minimum absolute atomic E-state index is 0.343. The van der Waals surface area contributed by atoms with Gasteiger partial charge in [0.15, 0.2) is 0 Å². The van der Waals surface area contributed by atoms with E-state index in [4.69, 9.17) is 9.47 Å². The summed E-state index contributed by atoms with van der Waals surface area (Å²) < 4.78 is 10.6. The summed E-state index contributed by atoms with van der Waals surface area (Å²) in [5.41, 5.74) is 0. The zero-order valence-corrected chi connectivity index (χ0v) is 10.3. The van der Waals surface area contributed by atoms with Crippen LogP contribution in [0.3, 0.4) is 0 Å². The van der Waals surface area contributed by atoms with Gasteiger partial charge in [0, 0.05) is 12.6 Å². The van der Waals surface area contributed by atoms with Crippen LogP contribution in [0.1, 0.15) is 40.0 Å². The van der Waals surface area contributed by atoms with E-state index in [9.17, 15) is 0 Å². The third-order valence-electron chi connectivity index (χ3n) is 3.39. The van der Waals surface area contributed by atoms with Crippen LogP contribution in [-0.4, -0.2) is 32.1 Å². The van der Waals surface area contributed by atoms with Crippen LogP contribution in [0.25, 0.3) is 0 Å². The maximum Gasteiger partial charge on any atom is 0.147 e. The molecular formula is C12H25NO2. The van der Waals surface area contributed by atoms with E-state index in [1.165, 1.54) is 12.8 Å². The standard InChI is InChI=1S/C12H25NO2/c1-4-11(5-2)10(3)13-8-12-6-7-14-9-15-12/h10-13H,4-9H2,1-3H3. The van der Waals surface area contributed by atoms with Crippen molar-refractivity contribution >= 4 is 0 Å². The molecule has 15 heavy (non-hydrogen) atoms. The van der Waals surface area contributed by atoms with E-state index >= 15 is 0 Å². The number of hydrogen-bond donors (Lipinski definition) is 1. The maximum absolute atomic E-state index is 5.49. The fraction of sp³-hybridized carbons (Fsp3) is 1.00. The lowest BCUT2D eigenvalue weighted by Gasteiger charge is -2.27. The van der Waals surface area contributed by atoms with Crippen molar-refractivity contribution in [3.8, 4) is 0 Å². The molecular weight excluding hydrogens is 190 g/mol. The van der Waals surface area contributed by atoms with Crippen molar-refractivity contribution in [2.45, 2.75) is 52.2 Å². The number of nitrogens with one attached hydrogen (secondary N) is 1. The van der Waals surface area contributed by atoms with Crippen LogP contribution in [0.2, 0.25) is 0 Å². The molecule has 0 aromatic rings. The molecule has 0 saturated carbocycles. The topological polar surface area (TPSA) is 30.5 Å². The summed E-state index contributed by atoms with van der Waals surface area (Å²) in [6.07, 6.45) is 3.86. The predicted molar refractivity (Wildman–Crippen MR) is 61.8 cm³/mol. The average molecular weight is 215 g/mol. The van der Waals surface area contributed by atoms with Gasteiger partial charge in [-0.3, -0.25) is 0 Å². The first-order valence-electron chi connectivity index (χ1n) is 6.20. The third-order valence-corrected chi connectivity index (χ3v) is 3.39. The number of rotatable bonds is 6. The second kappa shape index (κ2) is 7.20. The first kappa shape index (κ1) is 12.9. The van der Waals surface area contributed by atoms with Crippen LogP contribution < -0.4 is 5.32 Å². The number of ether oxygens (including phenoxy) is 2. The second-order valence-electron chi connectivity index (χ2n) is 4.38. The van der Waals surface area contributed by atoms with Crippen molar-refractivity contribution in [3.05, 3.63) is 0 Å². The van der Waals surface area contributed by atoms with Crippen molar-refractivity contribution in [2.75, 3.05) is 19.9 Å². The molecule has 1 aliphatic rings. The van der Waals surface area contributed by atoms with Gasteiger partial charge in [-0.15, -0.1) is 0 Å². The normalized spacial score (nSPS) is 24.4. The van der Waals surface area contributed by atoms with Gasteiger partial charge in [-0.1, -0.05) is 26.7 Å². The molecule has 90 valence electrons. The Morgan fingerprint density at radius 1 is 1.33 bits per heavy atom. The maximum atomic E-state index is 5.49. The van der Waals surface area contributed by atoms with Crippen LogP contribution in [0.15, 0.2) is 0 Å². The minimum atomic E-state index is 0.343. The Labute approximate surface area is 93.5 Å². The highest BCUT2D eigenvalue weighted by molar-refractivity contribution is 4.73. The molecule has 0 amide bonds. The highest BCUT2D eigenvalue weighted by Crippen LogP contribution is 2.13. The Morgan fingerprint density at radius 2 is 2.07 bits per heavy atom. The van der Waals surface area contributed by atoms with Gasteiger partial charge < -0.3 is 14.8 Å². The molecule has 2 unspecified atom stereocenters. The van der Waals surface area contributed by atoms with Gasteiger partial charge in [-0.05, 0) is 19.3 Å². The molecule has 1 aliphatic heterocycles. The van der Waals surface area contributed by atoms with E-state index in [1.54, 1.807) is 0 Å². The highest BCUT2D eigenvalue weighted by atomic mass is 16.7. The first-order chi connectivity index (χ1) is 7.27. The zero-order chi connectivity index (χ0) is 11.1. The van der Waals surface area contributed by atoms with Gasteiger partial charge in [0.25, 0.3) is 0 Å². The first-order valence-corrected chi connectivity index (χ1v) is 6.20. The zero-order valence-electron chi connectivity index (χ0n) is 10.3. The summed E-state index contributed by atoms with van der Waals surface area (Å²) in [5, 5.41) is 3.57. The lowest BCUT2D eigenvalue weighted by atomic mass is 9.95. The molecule has 0 aromatic carbocycles. The number of hydrogen-bond acceptors (Lipinski definition) is 3. The molecule has 3 nitrogen and oxygen atoms in total. The fourth-order valence-electron chi connectivity index (χ4n) is 2.14. The molecule has 1 fully saturated rings. The molecule has 1 heterocycles. The van der Waals surface area contributed by atoms with Gasteiger partial charge >= 0.3 is 0 Å². The van der Waals surface area contributed by atoms with E-state index in [1.807, 2.05) is 0 Å². The molecule has 0 spiro atoms. The minimum Gasteiger partial charge on any atom is -0.355 e. The van der Waals surface area contributed by atoms with Crippen molar-refractivity contribution < 1.29 is 9.47 Å². The van der Waals surface area contributed by atoms with Gasteiger partial charge in [0.05, 0.1) is 12.7 Å². The Bertz CT molecular complexity index is 154. The molecule has 0 bridgehead atoms. The molecule has 1 N–H and O–H groups in total. The Morgan fingerprint density at radius 3 is 2.60 bits per heavy atom. The molecule has 3 heteroatoms. The third kappa shape index (κ3) is 4.49. The monoisotopic (exact) mass is 215 g/mol. The highest BCUT2D eigenvalue weighted by Gasteiger charge is 2.17. The largest absolute Gasteiger partial charge is 0.355 e. The van der Waals surface area contributed by atoms with Crippen molar-refractivity contribution in [1.29, 1.82) is 0 Å². The lowest BCUT2D eigenvalue weighted by Crippen LogP contribution is -2.41. The molecule has 0 radical (unpaired) electrons. The summed E-state index contributed by atoms with van der Waals surface area (Å²) in [6.45, 7) is 9.06. The van der Waals surface area contributed by atoms with Gasteiger partial charge in [-0.25, -0.2) is 0 Å². The molecule has 1 rings (SSSR count). The van der Waals surface area contributed by atoms with Crippen molar-refractivity contribution in [3.63, 3.8) is 0 Å². The van der Waals surface area contributed by atoms with E-state index < -0.39 is 0 Å². The van der Waals surface area contributed by atoms with Crippen LogP contribution in [-0.2, 0) is 9.47 Å². The van der Waals surface area contributed by atoms with Gasteiger partial charge in [0.1, 0.15) is 6.79 Å². The Kier molecular flexibility index (Phi) is 6.22. The Hall–Kier alpha value is -0.120. The molecule has 0 aromatic heterocycles. The summed E-state index contributed by atoms with van der Waals surface area (Å²) in [6, 6.07) is 0.589. The summed E-state index contributed by atoms with van der Waals surface area (Å²) in [4.78, 5) is 0. The van der Waals surface area contributed by atoms with E-state index in [0.29, 0.717) is 18.9 Å². The van der Waals surface area contributed by atoms with Gasteiger partial charge in [0.2, 0.25) is 0 Å². The van der Waals surface area contributed by atoms with Gasteiger partial charge in [-0.2, -0.15) is 0 Å². The second-order valence-corrected chi connectivity index (χ2v) is 4.38. The molecule has 1 saturated heterocycles. The van der Waals surface area contributed by atoms with Crippen LogP contribution >= 0.6 is 0 Å². The van der Waals surface area contributed by atoms with Crippen LogP contribution in [0.4, 0.5) is 0 Å². The van der Waals surface area contributed by atoms with Crippen LogP contribution in [0.5, 0.6) is 0 Å². The lowest BCUT2D eigenvalue weighted by molar-refractivity contribution is -0.137. The summed E-state index contributed by atoms with van der Waals surface area (Å²) in [5.74, 6) is 0.782. The quantitative estimate of drug-likeness (QED) is 0.736. The van der Waals surface area contributed by atoms with E-state index in [0.717, 1.165) is 25.5 Å². The predicted octanol–water partition coefficient (Wildman–Crippen LogP) is 2.16. The summed E-state index contributed by atoms with van der Waals surface area (Å²) in [7, 11) is 0. The SMILES string of the molecule is CCC(CC)C(C)NCC1CCOCO1. The van der Waals surface area contributed by atoms with Crippen molar-refractivity contribution in [1.82, 2.24) is 5.32 Å². The summed E-state index contributed by atoms with van der Waals surface area (Å²) >= 11 is 0. The smallest absolute Gasteiger partial charge is 0.147 e. The molecule has 2 atom stereocenters. The van der Waals surface area contributed by atoms with E-state index in [-0.39, 0.29) is 0 Å².